The molecule has 3 heteroatoms. The van der Waals surface area contributed by atoms with Gasteiger partial charge in [-0.05, 0) is 6.07 Å². The van der Waals surface area contributed by atoms with Gasteiger partial charge in [0.05, 0.1) is 18.5 Å². The van der Waals surface area contributed by atoms with Crippen LogP contribution in [0.15, 0.2) is 18.5 Å². The van der Waals surface area contributed by atoms with Gasteiger partial charge in [0.2, 0.25) is 0 Å². The summed E-state index contributed by atoms with van der Waals surface area (Å²) in [7, 11) is 3.55. The fourth-order valence-corrected chi connectivity index (χ4v) is 0.930. The van der Waals surface area contributed by atoms with Gasteiger partial charge in [-0.15, -0.1) is 0 Å². The molecular weight excluding hydrogens is 140 g/mol. The number of rotatable bonds is 3. The van der Waals surface area contributed by atoms with Crippen LogP contribution >= 0.6 is 0 Å². The molecule has 0 aliphatic carbocycles. The van der Waals surface area contributed by atoms with Crippen molar-refractivity contribution in [3.05, 3.63) is 24.0 Å². The summed E-state index contributed by atoms with van der Waals surface area (Å²) >= 11 is 0. The van der Waals surface area contributed by atoms with Crippen LogP contribution in [0.25, 0.3) is 0 Å². The first-order valence-corrected chi connectivity index (χ1v) is 3.48. The smallest absolute Gasteiger partial charge is 0.0734 e. The van der Waals surface area contributed by atoms with Crippen molar-refractivity contribution in [2.24, 2.45) is 0 Å². The van der Waals surface area contributed by atoms with Crippen LogP contribution in [0.4, 0.5) is 5.69 Å². The number of anilines is 1. The molecular formula is C8H12N2O. The molecule has 0 amide bonds. The van der Waals surface area contributed by atoms with Crippen molar-refractivity contribution in [1.82, 2.24) is 4.98 Å². The van der Waals surface area contributed by atoms with E-state index in [2.05, 4.69) is 10.3 Å². The summed E-state index contributed by atoms with van der Waals surface area (Å²) in [5.41, 5.74) is 2.15. The summed E-state index contributed by atoms with van der Waals surface area (Å²) in [4.78, 5) is 3.98. The summed E-state index contributed by atoms with van der Waals surface area (Å²) in [6.45, 7) is 0.624. The average molecular weight is 152 g/mol. The van der Waals surface area contributed by atoms with Crippen molar-refractivity contribution in [2.45, 2.75) is 6.61 Å². The molecule has 0 aliphatic rings. The second-order valence-corrected chi connectivity index (χ2v) is 2.22. The summed E-state index contributed by atoms with van der Waals surface area (Å²) in [6.07, 6.45) is 3.55. The predicted octanol–water partition coefficient (Wildman–Crippen LogP) is 1.27. The molecule has 11 heavy (non-hydrogen) atoms. The second-order valence-electron chi connectivity index (χ2n) is 2.22. The molecule has 0 fully saturated rings. The molecule has 0 aliphatic heterocycles. The summed E-state index contributed by atoms with van der Waals surface area (Å²) in [5, 5.41) is 3.04. The predicted molar refractivity (Wildman–Crippen MR) is 44.5 cm³/mol. The Balaban J connectivity index is 2.83. The van der Waals surface area contributed by atoms with Crippen LogP contribution in [0, 0.1) is 0 Å². The van der Waals surface area contributed by atoms with E-state index in [0.29, 0.717) is 6.61 Å². The average Bonchev–Trinajstić information content (AvgIpc) is 2.06. The van der Waals surface area contributed by atoms with Gasteiger partial charge < -0.3 is 10.1 Å². The summed E-state index contributed by atoms with van der Waals surface area (Å²) < 4.78 is 5.00. The lowest BCUT2D eigenvalue weighted by Gasteiger charge is -2.05. The number of methoxy groups -OCH3 is 1. The molecule has 0 saturated carbocycles. The molecule has 1 heterocycles. The van der Waals surface area contributed by atoms with E-state index < -0.39 is 0 Å². The lowest BCUT2D eigenvalue weighted by atomic mass is 10.2. The first-order valence-electron chi connectivity index (χ1n) is 3.48. The lowest BCUT2D eigenvalue weighted by Crippen LogP contribution is -1.96. The zero-order valence-electron chi connectivity index (χ0n) is 6.79. The maximum Gasteiger partial charge on any atom is 0.0734 e. The number of pyridine rings is 1. The Kier molecular flexibility index (Phi) is 2.86. The number of hydrogen-bond acceptors (Lipinski definition) is 3. The monoisotopic (exact) mass is 152 g/mol. The van der Waals surface area contributed by atoms with Crippen molar-refractivity contribution >= 4 is 5.69 Å². The van der Waals surface area contributed by atoms with Gasteiger partial charge in [0, 0.05) is 25.9 Å². The number of aromatic nitrogens is 1. The molecule has 0 spiro atoms. The highest BCUT2D eigenvalue weighted by atomic mass is 16.5. The minimum absolute atomic E-state index is 0.624. The molecule has 1 rings (SSSR count). The molecule has 0 radical (unpaired) electrons. The van der Waals surface area contributed by atoms with Crippen molar-refractivity contribution in [2.75, 3.05) is 19.5 Å². The van der Waals surface area contributed by atoms with Gasteiger partial charge >= 0.3 is 0 Å². The minimum Gasteiger partial charge on any atom is -0.387 e. The van der Waals surface area contributed by atoms with Crippen LogP contribution in [0.2, 0.25) is 0 Å². The molecule has 0 bridgehead atoms. The highest BCUT2D eigenvalue weighted by molar-refractivity contribution is 5.47. The quantitative estimate of drug-likeness (QED) is 0.708. The highest BCUT2D eigenvalue weighted by Crippen LogP contribution is 2.12. The molecule has 60 valence electrons. The molecule has 1 aromatic heterocycles. The molecule has 3 nitrogen and oxygen atoms in total. The van der Waals surface area contributed by atoms with Gasteiger partial charge in [-0.1, -0.05) is 0 Å². The Morgan fingerprint density at radius 1 is 1.64 bits per heavy atom. The molecule has 0 saturated heterocycles. The van der Waals surface area contributed by atoms with Crippen LogP contribution in [-0.2, 0) is 11.3 Å². The lowest BCUT2D eigenvalue weighted by molar-refractivity contribution is 0.185. The summed E-state index contributed by atoms with van der Waals surface area (Å²) in [5.74, 6) is 0. The first kappa shape index (κ1) is 8.01. The third-order valence-electron chi connectivity index (χ3n) is 1.48. The first-order chi connectivity index (χ1) is 5.38. The Morgan fingerprint density at radius 2 is 2.45 bits per heavy atom. The van der Waals surface area contributed by atoms with E-state index in [1.807, 2.05) is 13.1 Å². The van der Waals surface area contributed by atoms with E-state index in [0.717, 1.165) is 11.3 Å². The van der Waals surface area contributed by atoms with Gasteiger partial charge in [0.15, 0.2) is 0 Å². The van der Waals surface area contributed by atoms with Crippen LogP contribution in [-0.4, -0.2) is 19.1 Å². The van der Waals surface area contributed by atoms with Gasteiger partial charge in [0.1, 0.15) is 0 Å². The van der Waals surface area contributed by atoms with Crippen molar-refractivity contribution in [1.29, 1.82) is 0 Å². The minimum atomic E-state index is 0.624. The number of ether oxygens (including phenoxy) is 1. The molecule has 0 atom stereocenters. The Labute approximate surface area is 66.4 Å². The zero-order chi connectivity index (χ0) is 8.10. The topological polar surface area (TPSA) is 34.2 Å². The second kappa shape index (κ2) is 3.93. The molecule has 0 unspecified atom stereocenters. The zero-order valence-corrected chi connectivity index (χ0v) is 6.79. The molecule has 1 N–H and O–H groups in total. The third kappa shape index (κ3) is 1.91. The Morgan fingerprint density at radius 3 is 3.09 bits per heavy atom. The van der Waals surface area contributed by atoms with E-state index >= 15 is 0 Å². The largest absolute Gasteiger partial charge is 0.387 e. The number of nitrogens with zero attached hydrogens (tertiary/aromatic N) is 1. The maximum atomic E-state index is 5.00. The third-order valence-corrected chi connectivity index (χ3v) is 1.48. The molecule has 1 aromatic rings. The highest BCUT2D eigenvalue weighted by Gasteiger charge is 1.97. The van der Waals surface area contributed by atoms with Gasteiger partial charge in [-0.2, -0.15) is 0 Å². The van der Waals surface area contributed by atoms with Crippen LogP contribution in [0.5, 0.6) is 0 Å². The van der Waals surface area contributed by atoms with E-state index in [1.165, 1.54) is 0 Å². The van der Waals surface area contributed by atoms with Crippen molar-refractivity contribution in [3.63, 3.8) is 0 Å². The van der Waals surface area contributed by atoms with E-state index in [-0.39, 0.29) is 0 Å². The SMILES string of the molecule is CNc1cnccc1COC. The summed E-state index contributed by atoms with van der Waals surface area (Å²) in [6, 6.07) is 1.94. The van der Waals surface area contributed by atoms with Crippen LogP contribution < -0.4 is 5.32 Å². The number of nitrogens with one attached hydrogen (secondary N) is 1. The molecule has 0 aromatic carbocycles. The van der Waals surface area contributed by atoms with Gasteiger partial charge in [-0.25, -0.2) is 0 Å². The fourth-order valence-electron chi connectivity index (χ4n) is 0.930. The normalized spacial score (nSPS) is 9.64. The fraction of sp³-hybridized carbons (Fsp3) is 0.375. The van der Waals surface area contributed by atoms with Gasteiger partial charge in [0.25, 0.3) is 0 Å². The van der Waals surface area contributed by atoms with E-state index in [9.17, 15) is 0 Å². The maximum absolute atomic E-state index is 5.00. The van der Waals surface area contributed by atoms with Crippen molar-refractivity contribution < 1.29 is 4.74 Å². The van der Waals surface area contributed by atoms with Crippen LogP contribution in [0.3, 0.4) is 0 Å². The van der Waals surface area contributed by atoms with Crippen molar-refractivity contribution in [3.8, 4) is 0 Å². The van der Waals surface area contributed by atoms with E-state index in [4.69, 9.17) is 4.74 Å². The standard InChI is InChI=1S/C8H12N2O/c1-9-8-5-10-4-3-7(8)6-11-2/h3-5,9H,6H2,1-2H3. The van der Waals surface area contributed by atoms with E-state index in [1.54, 1.807) is 19.5 Å². The number of hydrogen-bond donors (Lipinski definition) is 1. The van der Waals surface area contributed by atoms with Gasteiger partial charge in [-0.3, -0.25) is 4.98 Å². The Hall–Kier alpha value is -1.09. The Bertz CT molecular complexity index is 225. The van der Waals surface area contributed by atoms with Crippen LogP contribution in [0.1, 0.15) is 5.56 Å².